The van der Waals surface area contributed by atoms with E-state index in [4.69, 9.17) is 26.8 Å². The summed E-state index contributed by atoms with van der Waals surface area (Å²) in [5, 5.41) is 0.645. The fraction of sp³-hybridized carbons (Fsp3) is 0.455. The molecule has 0 bridgehead atoms. The van der Waals surface area contributed by atoms with Crippen molar-refractivity contribution in [2.45, 2.75) is 13.5 Å². The maximum atomic E-state index is 5.98. The van der Waals surface area contributed by atoms with Crippen molar-refractivity contribution in [3.05, 3.63) is 28.8 Å². The van der Waals surface area contributed by atoms with Crippen LogP contribution in [-0.4, -0.2) is 19.8 Å². The predicted molar refractivity (Wildman–Crippen MR) is 61.3 cm³/mol. The molecule has 84 valence electrons. The van der Waals surface area contributed by atoms with Gasteiger partial charge in [-0.05, 0) is 19.1 Å². The van der Waals surface area contributed by atoms with Crippen LogP contribution in [0.15, 0.2) is 18.2 Å². The molecule has 0 aliphatic carbocycles. The Bertz CT molecular complexity index is 305. The molecule has 0 atom stereocenters. The zero-order valence-electron chi connectivity index (χ0n) is 8.83. The number of benzene rings is 1. The van der Waals surface area contributed by atoms with Gasteiger partial charge in [0.25, 0.3) is 0 Å². The highest BCUT2D eigenvalue weighted by Crippen LogP contribution is 2.25. The van der Waals surface area contributed by atoms with Crippen LogP contribution in [-0.2, 0) is 11.3 Å². The van der Waals surface area contributed by atoms with Gasteiger partial charge in [-0.2, -0.15) is 0 Å². The summed E-state index contributed by atoms with van der Waals surface area (Å²) in [5.74, 6) is 0.740. The highest BCUT2D eigenvalue weighted by molar-refractivity contribution is 6.31. The average Bonchev–Trinajstić information content (AvgIpc) is 2.24. The fourth-order valence-corrected chi connectivity index (χ4v) is 1.47. The molecule has 15 heavy (non-hydrogen) atoms. The van der Waals surface area contributed by atoms with Crippen molar-refractivity contribution < 1.29 is 9.47 Å². The van der Waals surface area contributed by atoms with Gasteiger partial charge in [0.05, 0.1) is 6.61 Å². The van der Waals surface area contributed by atoms with Crippen LogP contribution in [0.5, 0.6) is 5.75 Å². The van der Waals surface area contributed by atoms with Crippen LogP contribution in [0.3, 0.4) is 0 Å². The number of hydrogen-bond acceptors (Lipinski definition) is 3. The Morgan fingerprint density at radius 2 is 2.13 bits per heavy atom. The Morgan fingerprint density at radius 1 is 1.33 bits per heavy atom. The smallest absolute Gasteiger partial charge is 0.125 e. The van der Waals surface area contributed by atoms with Gasteiger partial charge in [-0.1, -0.05) is 17.7 Å². The molecule has 1 aromatic rings. The number of rotatable bonds is 6. The quantitative estimate of drug-likeness (QED) is 0.761. The van der Waals surface area contributed by atoms with E-state index in [-0.39, 0.29) is 0 Å². The van der Waals surface area contributed by atoms with E-state index in [1.165, 1.54) is 0 Å². The minimum Gasteiger partial charge on any atom is -0.491 e. The molecule has 2 N–H and O–H groups in total. The molecule has 3 nitrogen and oxygen atoms in total. The van der Waals surface area contributed by atoms with Crippen LogP contribution in [0, 0.1) is 0 Å². The summed E-state index contributed by atoms with van der Waals surface area (Å²) in [6.45, 7) is 4.12. The minimum absolute atomic E-state index is 0.379. The van der Waals surface area contributed by atoms with Gasteiger partial charge in [0.15, 0.2) is 0 Å². The van der Waals surface area contributed by atoms with Gasteiger partial charge in [-0.25, -0.2) is 0 Å². The molecule has 0 spiro atoms. The lowest BCUT2D eigenvalue weighted by atomic mass is 10.2. The lowest BCUT2D eigenvalue weighted by Crippen LogP contribution is -2.09. The molecule has 1 aromatic carbocycles. The summed E-state index contributed by atoms with van der Waals surface area (Å²) in [6.07, 6.45) is 0. The van der Waals surface area contributed by atoms with Crippen molar-refractivity contribution >= 4 is 11.6 Å². The first-order chi connectivity index (χ1) is 7.29. The van der Waals surface area contributed by atoms with Crippen molar-refractivity contribution in [1.82, 2.24) is 0 Å². The lowest BCUT2D eigenvalue weighted by molar-refractivity contribution is 0.110. The number of nitrogens with two attached hydrogens (primary N) is 1. The van der Waals surface area contributed by atoms with Crippen molar-refractivity contribution in [3.63, 3.8) is 0 Å². The van der Waals surface area contributed by atoms with Crippen molar-refractivity contribution in [1.29, 1.82) is 0 Å². The van der Waals surface area contributed by atoms with Gasteiger partial charge in [-0.15, -0.1) is 0 Å². The Hall–Kier alpha value is -0.770. The van der Waals surface area contributed by atoms with E-state index in [2.05, 4.69) is 0 Å². The molecule has 0 heterocycles. The second kappa shape index (κ2) is 6.67. The summed E-state index contributed by atoms with van der Waals surface area (Å²) in [7, 11) is 0. The summed E-state index contributed by atoms with van der Waals surface area (Å²) < 4.78 is 10.7. The lowest BCUT2D eigenvalue weighted by Gasteiger charge is -2.11. The van der Waals surface area contributed by atoms with Gasteiger partial charge in [0.1, 0.15) is 12.4 Å². The maximum absolute atomic E-state index is 5.98. The third-order valence-corrected chi connectivity index (χ3v) is 2.32. The van der Waals surface area contributed by atoms with Crippen molar-refractivity contribution in [2.75, 3.05) is 19.8 Å². The van der Waals surface area contributed by atoms with Gasteiger partial charge >= 0.3 is 0 Å². The summed E-state index contributed by atoms with van der Waals surface area (Å²) in [5.41, 5.74) is 6.43. The van der Waals surface area contributed by atoms with E-state index in [1.54, 1.807) is 6.07 Å². The maximum Gasteiger partial charge on any atom is 0.125 e. The number of halogens is 1. The molecule has 4 heteroatoms. The van der Waals surface area contributed by atoms with Crippen LogP contribution in [0.1, 0.15) is 12.5 Å². The summed E-state index contributed by atoms with van der Waals surface area (Å²) in [4.78, 5) is 0. The Kier molecular flexibility index (Phi) is 5.47. The van der Waals surface area contributed by atoms with Crippen LogP contribution in [0.2, 0.25) is 5.02 Å². The molecule has 0 radical (unpaired) electrons. The molecular formula is C11H16ClNO2. The molecule has 0 saturated heterocycles. The van der Waals surface area contributed by atoms with Crippen LogP contribution in [0.4, 0.5) is 0 Å². The highest BCUT2D eigenvalue weighted by Gasteiger charge is 2.05. The Labute approximate surface area is 95.1 Å². The number of hydrogen-bond donors (Lipinski definition) is 1. The van der Waals surface area contributed by atoms with Gasteiger partial charge in [-0.3, -0.25) is 0 Å². The SMILES string of the molecule is CCOCCOc1cccc(Cl)c1CN. The van der Waals surface area contributed by atoms with E-state index in [0.717, 1.165) is 11.3 Å². The topological polar surface area (TPSA) is 44.5 Å². The van der Waals surface area contributed by atoms with E-state index in [1.807, 2.05) is 19.1 Å². The standard InChI is InChI=1S/C11H16ClNO2/c1-2-14-6-7-15-11-5-3-4-10(12)9(11)8-13/h3-5H,2,6-8,13H2,1H3. The van der Waals surface area contributed by atoms with Crippen LogP contribution in [0.25, 0.3) is 0 Å². The van der Waals surface area contributed by atoms with Crippen LogP contribution >= 0.6 is 11.6 Å². The second-order valence-corrected chi connectivity index (χ2v) is 3.37. The van der Waals surface area contributed by atoms with Crippen molar-refractivity contribution in [3.8, 4) is 5.75 Å². The first-order valence-electron chi connectivity index (χ1n) is 4.97. The van der Waals surface area contributed by atoms with E-state index >= 15 is 0 Å². The zero-order chi connectivity index (χ0) is 11.1. The Morgan fingerprint density at radius 3 is 2.80 bits per heavy atom. The first kappa shape index (κ1) is 12.3. The Balaban J connectivity index is 2.56. The second-order valence-electron chi connectivity index (χ2n) is 2.97. The monoisotopic (exact) mass is 229 g/mol. The van der Waals surface area contributed by atoms with E-state index in [0.29, 0.717) is 31.4 Å². The van der Waals surface area contributed by atoms with Crippen molar-refractivity contribution in [2.24, 2.45) is 5.73 Å². The minimum atomic E-state index is 0.379. The normalized spacial score (nSPS) is 10.3. The predicted octanol–water partition coefficient (Wildman–Crippen LogP) is 2.21. The molecular weight excluding hydrogens is 214 g/mol. The molecule has 1 rings (SSSR count). The van der Waals surface area contributed by atoms with Gasteiger partial charge in [0.2, 0.25) is 0 Å². The van der Waals surface area contributed by atoms with E-state index in [9.17, 15) is 0 Å². The van der Waals surface area contributed by atoms with Gasteiger partial charge < -0.3 is 15.2 Å². The molecule has 0 fully saturated rings. The molecule has 0 amide bonds. The first-order valence-corrected chi connectivity index (χ1v) is 5.35. The summed E-state index contributed by atoms with van der Waals surface area (Å²) >= 11 is 5.98. The average molecular weight is 230 g/mol. The molecule has 0 aromatic heterocycles. The van der Waals surface area contributed by atoms with Gasteiger partial charge in [0, 0.05) is 23.7 Å². The summed E-state index contributed by atoms with van der Waals surface area (Å²) in [6, 6.07) is 5.51. The van der Waals surface area contributed by atoms with E-state index < -0.39 is 0 Å². The number of ether oxygens (including phenoxy) is 2. The third-order valence-electron chi connectivity index (χ3n) is 1.97. The molecule has 0 aliphatic heterocycles. The third kappa shape index (κ3) is 3.70. The zero-order valence-corrected chi connectivity index (χ0v) is 9.59. The fourth-order valence-electron chi connectivity index (χ4n) is 1.23. The molecule has 0 saturated carbocycles. The molecule has 0 unspecified atom stereocenters. The largest absolute Gasteiger partial charge is 0.491 e. The molecule has 0 aliphatic rings. The highest BCUT2D eigenvalue weighted by atomic mass is 35.5. The van der Waals surface area contributed by atoms with Crippen LogP contribution < -0.4 is 10.5 Å².